The molecule has 0 aromatic carbocycles. The second-order valence-corrected chi connectivity index (χ2v) is 4.35. The van der Waals surface area contributed by atoms with Gasteiger partial charge in [0.25, 0.3) is 5.56 Å². The summed E-state index contributed by atoms with van der Waals surface area (Å²) in [7, 11) is 0. The first-order valence-corrected chi connectivity index (χ1v) is 5.90. The average molecular weight is 244 g/mol. The summed E-state index contributed by atoms with van der Waals surface area (Å²) in [5.41, 5.74) is 1.54. The molecule has 2 aromatic heterocycles. The van der Waals surface area contributed by atoms with Gasteiger partial charge in [0.2, 0.25) is 5.95 Å². The van der Waals surface area contributed by atoms with Gasteiger partial charge in [-0.3, -0.25) is 14.8 Å². The van der Waals surface area contributed by atoms with Gasteiger partial charge in [-0.05, 0) is 18.1 Å². The summed E-state index contributed by atoms with van der Waals surface area (Å²) in [6.45, 7) is 4.54. The molecule has 0 spiro atoms. The topological polar surface area (TPSA) is 70.7 Å². The molecule has 5 heteroatoms. The van der Waals surface area contributed by atoms with E-state index >= 15 is 0 Å². The van der Waals surface area contributed by atoms with Gasteiger partial charge in [-0.2, -0.15) is 0 Å². The molecule has 0 aliphatic carbocycles. The summed E-state index contributed by atoms with van der Waals surface area (Å²) >= 11 is 0. The van der Waals surface area contributed by atoms with Crippen LogP contribution in [0.5, 0.6) is 0 Å². The lowest BCUT2D eigenvalue weighted by molar-refractivity contribution is 0.808. The smallest absolute Gasteiger partial charge is 0.252 e. The Morgan fingerprint density at radius 1 is 1.39 bits per heavy atom. The predicted octanol–water partition coefficient (Wildman–Crippen LogP) is 1.90. The number of aromatic nitrogens is 3. The molecule has 5 nitrogen and oxygen atoms in total. The van der Waals surface area contributed by atoms with Crippen molar-refractivity contribution in [3.8, 4) is 0 Å². The average Bonchev–Trinajstić information content (AvgIpc) is 2.37. The molecule has 0 bridgehead atoms. The second kappa shape index (κ2) is 5.44. The highest BCUT2D eigenvalue weighted by atomic mass is 16.1. The molecule has 2 rings (SSSR count). The Morgan fingerprint density at radius 3 is 2.89 bits per heavy atom. The SMILES string of the molecule is CC(C)c1cc(=O)[nH]c(NCc2ccccn2)n1. The molecule has 94 valence electrons. The van der Waals surface area contributed by atoms with Crippen molar-refractivity contribution in [3.05, 3.63) is 52.2 Å². The summed E-state index contributed by atoms with van der Waals surface area (Å²) in [6.07, 6.45) is 1.73. The van der Waals surface area contributed by atoms with Crippen molar-refractivity contribution in [3.63, 3.8) is 0 Å². The quantitative estimate of drug-likeness (QED) is 0.861. The van der Waals surface area contributed by atoms with Crippen molar-refractivity contribution in [2.24, 2.45) is 0 Å². The number of aromatic amines is 1. The van der Waals surface area contributed by atoms with Crippen molar-refractivity contribution in [1.82, 2.24) is 15.0 Å². The third kappa shape index (κ3) is 3.16. The number of hydrogen-bond acceptors (Lipinski definition) is 4. The van der Waals surface area contributed by atoms with Gasteiger partial charge in [-0.15, -0.1) is 0 Å². The van der Waals surface area contributed by atoms with Gasteiger partial charge < -0.3 is 5.32 Å². The molecule has 0 amide bonds. The zero-order chi connectivity index (χ0) is 13.0. The second-order valence-electron chi connectivity index (χ2n) is 4.35. The number of rotatable bonds is 4. The molecule has 0 aliphatic heterocycles. The third-order valence-corrected chi connectivity index (χ3v) is 2.52. The van der Waals surface area contributed by atoms with Gasteiger partial charge in [-0.1, -0.05) is 19.9 Å². The maximum Gasteiger partial charge on any atom is 0.252 e. The van der Waals surface area contributed by atoms with Crippen LogP contribution in [0, 0.1) is 0 Å². The van der Waals surface area contributed by atoms with E-state index in [9.17, 15) is 4.79 Å². The minimum absolute atomic E-state index is 0.141. The lowest BCUT2D eigenvalue weighted by atomic mass is 10.1. The van der Waals surface area contributed by atoms with Crippen LogP contribution in [0.15, 0.2) is 35.3 Å². The maximum absolute atomic E-state index is 11.5. The van der Waals surface area contributed by atoms with E-state index in [1.807, 2.05) is 32.0 Å². The van der Waals surface area contributed by atoms with Gasteiger partial charge in [0.05, 0.1) is 17.9 Å². The van der Waals surface area contributed by atoms with Crippen molar-refractivity contribution in [2.75, 3.05) is 5.32 Å². The van der Waals surface area contributed by atoms with Crippen molar-refractivity contribution in [1.29, 1.82) is 0 Å². The summed E-state index contributed by atoms with van der Waals surface area (Å²) in [4.78, 5) is 22.7. The van der Waals surface area contributed by atoms with Gasteiger partial charge in [0, 0.05) is 12.3 Å². The summed E-state index contributed by atoms with van der Waals surface area (Å²) in [5, 5.41) is 3.07. The van der Waals surface area contributed by atoms with Crippen LogP contribution in [0.1, 0.15) is 31.2 Å². The lowest BCUT2D eigenvalue weighted by Crippen LogP contribution is -2.14. The predicted molar refractivity (Wildman–Crippen MR) is 70.5 cm³/mol. The highest BCUT2D eigenvalue weighted by Gasteiger charge is 2.04. The Bertz CT molecular complexity index is 563. The van der Waals surface area contributed by atoms with E-state index in [-0.39, 0.29) is 11.5 Å². The van der Waals surface area contributed by atoms with Crippen LogP contribution < -0.4 is 10.9 Å². The van der Waals surface area contributed by atoms with Crippen LogP contribution in [0.2, 0.25) is 0 Å². The van der Waals surface area contributed by atoms with E-state index in [1.165, 1.54) is 6.07 Å². The molecule has 2 aromatic rings. The summed E-state index contributed by atoms with van der Waals surface area (Å²) in [5.74, 6) is 0.708. The lowest BCUT2D eigenvalue weighted by Gasteiger charge is -2.08. The van der Waals surface area contributed by atoms with E-state index in [4.69, 9.17) is 0 Å². The van der Waals surface area contributed by atoms with Gasteiger partial charge in [0.15, 0.2) is 0 Å². The monoisotopic (exact) mass is 244 g/mol. The maximum atomic E-state index is 11.5. The molecule has 0 saturated heterocycles. The number of pyridine rings is 1. The Labute approximate surface area is 105 Å². The molecule has 0 radical (unpaired) electrons. The Kier molecular flexibility index (Phi) is 3.72. The van der Waals surface area contributed by atoms with Crippen molar-refractivity contribution in [2.45, 2.75) is 26.3 Å². The Balaban J connectivity index is 2.12. The zero-order valence-corrected chi connectivity index (χ0v) is 10.5. The largest absolute Gasteiger partial charge is 0.350 e. The van der Waals surface area contributed by atoms with E-state index in [0.29, 0.717) is 12.5 Å². The first-order chi connectivity index (χ1) is 8.65. The van der Waals surface area contributed by atoms with E-state index in [2.05, 4.69) is 20.3 Å². The molecule has 2 N–H and O–H groups in total. The van der Waals surface area contributed by atoms with Crippen LogP contribution in [-0.2, 0) is 6.54 Å². The summed E-state index contributed by atoms with van der Waals surface area (Å²) < 4.78 is 0. The number of hydrogen-bond donors (Lipinski definition) is 2. The Hall–Kier alpha value is -2.17. The zero-order valence-electron chi connectivity index (χ0n) is 10.5. The molecule has 18 heavy (non-hydrogen) atoms. The summed E-state index contributed by atoms with van der Waals surface area (Å²) in [6, 6.07) is 7.22. The number of nitrogens with zero attached hydrogens (tertiary/aromatic N) is 2. The number of H-pyrrole nitrogens is 1. The van der Waals surface area contributed by atoms with Crippen LogP contribution in [0.3, 0.4) is 0 Å². The number of anilines is 1. The molecular formula is C13H16N4O. The molecule has 0 atom stereocenters. The van der Waals surface area contributed by atoms with E-state index in [0.717, 1.165) is 11.4 Å². The van der Waals surface area contributed by atoms with Gasteiger partial charge in [0.1, 0.15) is 0 Å². The van der Waals surface area contributed by atoms with Crippen molar-refractivity contribution >= 4 is 5.95 Å². The Morgan fingerprint density at radius 2 is 2.22 bits per heavy atom. The van der Waals surface area contributed by atoms with Crippen molar-refractivity contribution < 1.29 is 0 Å². The van der Waals surface area contributed by atoms with Crippen LogP contribution in [0.25, 0.3) is 0 Å². The molecule has 0 fully saturated rings. The fourth-order valence-electron chi connectivity index (χ4n) is 1.53. The molecule has 0 aliphatic rings. The minimum atomic E-state index is -0.141. The normalized spacial score (nSPS) is 10.6. The molecule has 0 saturated carbocycles. The highest BCUT2D eigenvalue weighted by Crippen LogP contribution is 2.10. The number of nitrogens with one attached hydrogen (secondary N) is 2. The first-order valence-electron chi connectivity index (χ1n) is 5.90. The standard InChI is InChI=1S/C13H16N4O/c1-9(2)11-7-12(18)17-13(16-11)15-8-10-5-3-4-6-14-10/h3-7,9H,8H2,1-2H3,(H2,15,16,17,18). The molecular weight excluding hydrogens is 228 g/mol. The van der Waals surface area contributed by atoms with E-state index < -0.39 is 0 Å². The van der Waals surface area contributed by atoms with Crippen LogP contribution >= 0.6 is 0 Å². The molecule has 2 heterocycles. The van der Waals surface area contributed by atoms with Gasteiger partial charge >= 0.3 is 0 Å². The van der Waals surface area contributed by atoms with Gasteiger partial charge in [-0.25, -0.2) is 4.98 Å². The third-order valence-electron chi connectivity index (χ3n) is 2.52. The minimum Gasteiger partial charge on any atom is -0.350 e. The highest BCUT2D eigenvalue weighted by molar-refractivity contribution is 5.27. The van der Waals surface area contributed by atoms with Crippen LogP contribution in [0.4, 0.5) is 5.95 Å². The van der Waals surface area contributed by atoms with Crippen LogP contribution in [-0.4, -0.2) is 15.0 Å². The molecule has 0 unspecified atom stereocenters. The first kappa shape index (κ1) is 12.3. The fourth-order valence-corrected chi connectivity index (χ4v) is 1.53. The van der Waals surface area contributed by atoms with E-state index in [1.54, 1.807) is 6.20 Å². The fraction of sp³-hybridized carbons (Fsp3) is 0.308.